The first kappa shape index (κ1) is 94.7. The van der Waals surface area contributed by atoms with E-state index >= 15 is 4.39 Å². The summed E-state index contributed by atoms with van der Waals surface area (Å²) in [6.07, 6.45) is 38.7. The Morgan fingerprint density at radius 2 is 0.773 bits per heavy atom. The van der Waals surface area contributed by atoms with Gasteiger partial charge in [-0.25, -0.2) is 37.5 Å². The third kappa shape index (κ3) is 16.5. The van der Waals surface area contributed by atoms with Gasteiger partial charge >= 0.3 is 0 Å². The summed E-state index contributed by atoms with van der Waals surface area (Å²) in [6, 6.07) is 51.1. The molecule has 0 radical (unpaired) electrons. The number of aliphatic hydroxyl groups is 3. The van der Waals surface area contributed by atoms with E-state index in [9.17, 15) is 42.9 Å². The van der Waals surface area contributed by atoms with E-state index in [2.05, 4.69) is 160 Å². The number of hydrogen-bond donors (Lipinski definition) is 3. The molecule has 3 aliphatic heterocycles. The molecular weight excluding hydrogens is 1800 g/mol. The SMILES string of the molecule is CC(C)(C)[Si](C)(C)OC12CC3CC(C1)C(C(=O)/C=C/c1c(F)cccc1-c1cn(C(c4ccccc4)(c4ccccc4)c4ccccc4)cn1)C(C3)C2.CC(C)(C)[Si](C)(C)OC12CC3CC(C1)C(C(=O)CC1c4c(F)cccc4-c4cncn41)C(C3)C2.O=C(CC1c2c(F)cccc2-c2cncn21)C1C2CC3CC1CC(O)(C3)C2.OC(CC1c2c(F)cccc2-c2cncn21)C1C2CC3CC1CC(O)(C3)C2. The molecule has 16 aliphatic carbocycles. The summed E-state index contributed by atoms with van der Waals surface area (Å²) in [6.45, 7) is 23.3. The van der Waals surface area contributed by atoms with E-state index in [1.165, 1.54) is 30.7 Å². The summed E-state index contributed by atoms with van der Waals surface area (Å²) in [4.78, 5) is 59.2. The molecular formula is C119H136F4N8O8Si2. The molecule has 12 atom stereocenters. The topological polar surface area (TPSA) is 202 Å². The first-order chi connectivity index (χ1) is 67.4. The lowest BCUT2D eigenvalue weighted by molar-refractivity contribution is -0.174. The number of benzene rings is 7. The molecule has 141 heavy (non-hydrogen) atoms. The Hall–Kier alpha value is -9.92. The second-order valence-electron chi connectivity index (χ2n) is 49.3. The van der Waals surface area contributed by atoms with Gasteiger partial charge in [-0.3, -0.25) is 14.4 Å². The highest BCUT2D eigenvalue weighted by Gasteiger charge is 2.64. The molecule has 22 heteroatoms. The summed E-state index contributed by atoms with van der Waals surface area (Å²) >= 11 is 0. The number of halogens is 4. The van der Waals surface area contributed by atoms with E-state index in [0.717, 1.165) is 172 Å². The van der Waals surface area contributed by atoms with Crippen LogP contribution in [0.15, 0.2) is 220 Å². The van der Waals surface area contributed by atoms with Crippen molar-refractivity contribution in [1.82, 2.24) is 38.2 Å². The molecule has 12 unspecified atom stereocenters. The summed E-state index contributed by atoms with van der Waals surface area (Å²) in [5.41, 5.74) is 10.4. The van der Waals surface area contributed by atoms with Crippen molar-refractivity contribution < 1.29 is 56.1 Å². The Balaban J connectivity index is 0.000000109. The number of ketones is 3. The standard InChI is InChI=1S/C47H51FN2O2Si.C28H37FN2O2Si.C22H25FN2O2.C22H23FN2O2/c1-45(2,3)53(4,5)52-46-28-33-26-34(29-46)44(35(27-33)30-46)43(51)25-24-39-40(22-15-23-41(39)48)42-31-50(32-49-42)47(36-16-9-6-10-17-36,37-18-11-7-12-19-37)38-20-13-8-14-21-38;1-27(2,3)34(4,5)33-28-12-17-9-18(13-28)25(19(10-17)14-28)24(32)11-22-26-20(7-6-8-21(26)29)23-15-30-16-31(22)23;2*23-16-3-1-2-15-18-10-24-11-25(18)17(21(15)16)6-19(26)20-13-4-12-5-14(20)9-22(27,7-12)8-13/h6-25,31-35,44H,26-30H2,1-5H3;6-8,15-19,22,25H,9-14H2,1-5H3;1-3,10-14,17,19-20,26-27H,4-9H2;1-3,10-14,17,20,27H,4-9H2/b25-24+;;;. The fourth-order valence-corrected chi connectivity index (χ4v) is 35.5. The Morgan fingerprint density at radius 3 is 1.17 bits per heavy atom. The van der Waals surface area contributed by atoms with Crippen molar-refractivity contribution in [1.29, 1.82) is 0 Å². The molecule has 19 aliphatic rings. The van der Waals surface area contributed by atoms with Crippen molar-refractivity contribution in [2.24, 2.45) is 94.7 Å². The molecule has 30 rings (SSSR count). The van der Waals surface area contributed by atoms with E-state index in [1.807, 2.05) is 68.7 Å². The van der Waals surface area contributed by atoms with Crippen LogP contribution in [0.2, 0.25) is 36.3 Å². The highest BCUT2D eigenvalue weighted by molar-refractivity contribution is 6.74. The predicted octanol–water partition coefficient (Wildman–Crippen LogP) is 25.4. The molecule has 7 heterocycles. The molecule has 16 saturated carbocycles. The fraction of sp³-hybridized carbons (Fsp3) is 0.504. The first-order valence-corrected chi connectivity index (χ1v) is 58.5. The lowest BCUT2D eigenvalue weighted by Gasteiger charge is -2.61. The number of hydrogen-bond acceptors (Lipinski definition) is 12. The maximum absolute atomic E-state index is 15.8. The molecule has 0 spiro atoms. The van der Waals surface area contributed by atoms with Gasteiger partial charge < -0.3 is 42.4 Å². The van der Waals surface area contributed by atoms with Crippen molar-refractivity contribution in [3.05, 3.63) is 282 Å². The van der Waals surface area contributed by atoms with Gasteiger partial charge in [-0.15, -0.1) is 0 Å². The molecule has 0 saturated heterocycles. The summed E-state index contributed by atoms with van der Waals surface area (Å²) in [7, 11) is -3.84. The molecule has 16 fully saturated rings. The Morgan fingerprint density at radius 1 is 0.426 bits per heavy atom. The van der Waals surface area contributed by atoms with E-state index in [1.54, 1.807) is 74.0 Å². The average Bonchev–Trinajstić information content (AvgIpc) is 1.71. The van der Waals surface area contributed by atoms with Gasteiger partial charge in [-0.2, -0.15) is 0 Å². The van der Waals surface area contributed by atoms with Crippen LogP contribution in [-0.4, -0.2) is 116 Å². The normalized spacial score (nSPS) is 32.1. The zero-order chi connectivity index (χ0) is 97.7. The number of imidazole rings is 4. The number of fused-ring (bicyclic) bond motifs is 9. The van der Waals surface area contributed by atoms with Gasteiger partial charge in [-0.1, -0.05) is 181 Å². The molecule has 16 nitrogen and oxygen atoms in total. The first-order valence-electron chi connectivity index (χ1n) is 52.7. The van der Waals surface area contributed by atoms with Crippen LogP contribution < -0.4 is 0 Å². The number of nitrogens with zero attached hydrogens (tertiary/aromatic N) is 8. The fourth-order valence-electron chi connectivity index (χ4n) is 32.2. The third-order valence-electron chi connectivity index (χ3n) is 38.6. The molecule has 16 bridgehead atoms. The van der Waals surface area contributed by atoms with Gasteiger partial charge in [0, 0.05) is 81.3 Å². The Bertz CT molecular complexity index is 6490. The zero-order valence-corrected chi connectivity index (χ0v) is 85.1. The minimum Gasteiger partial charge on any atom is -0.411 e. The number of rotatable bonds is 21. The van der Waals surface area contributed by atoms with E-state index in [0.29, 0.717) is 130 Å². The minimum absolute atomic E-state index is 0.0279. The number of Topliss-reactive ketones (excluding diaryl/α,β-unsaturated/α-hetero) is 2. The molecule has 7 aromatic carbocycles. The largest absolute Gasteiger partial charge is 0.411 e. The van der Waals surface area contributed by atoms with Crippen molar-refractivity contribution in [3.63, 3.8) is 0 Å². The Labute approximate surface area is 828 Å². The number of carbonyl (C=O) groups is 3. The van der Waals surface area contributed by atoms with Crippen LogP contribution in [-0.2, 0) is 28.8 Å². The molecule has 11 aromatic rings. The van der Waals surface area contributed by atoms with Gasteiger partial charge in [0.1, 0.15) is 40.4 Å². The van der Waals surface area contributed by atoms with Crippen LogP contribution >= 0.6 is 0 Å². The number of aliphatic hydroxyl groups excluding tert-OH is 1. The second-order valence-corrected chi connectivity index (χ2v) is 58.8. The van der Waals surface area contributed by atoms with Crippen LogP contribution in [0.3, 0.4) is 0 Å². The molecule has 0 amide bonds. The predicted molar refractivity (Wildman–Crippen MR) is 544 cm³/mol. The van der Waals surface area contributed by atoms with Gasteiger partial charge in [0.05, 0.1) is 113 Å². The zero-order valence-electron chi connectivity index (χ0n) is 83.1. The highest BCUT2D eigenvalue weighted by atomic mass is 28.4. The smallest absolute Gasteiger partial charge is 0.192 e. The van der Waals surface area contributed by atoms with Crippen molar-refractivity contribution in [2.75, 3.05) is 0 Å². The van der Waals surface area contributed by atoms with Crippen LogP contribution in [0.5, 0.6) is 0 Å². The summed E-state index contributed by atoms with van der Waals surface area (Å²) in [5, 5.41) is 33.2. The lowest BCUT2D eigenvalue weighted by atomic mass is 9.49. The van der Waals surface area contributed by atoms with Crippen LogP contribution in [0.1, 0.15) is 246 Å². The van der Waals surface area contributed by atoms with Gasteiger partial charge in [-0.05, 0) is 301 Å². The minimum atomic E-state index is -1.96. The molecule has 4 aromatic heterocycles. The number of aromatic nitrogens is 8. The maximum atomic E-state index is 15.8. The lowest BCUT2D eigenvalue weighted by Crippen LogP contribution is -2.61. The van der Waals surface area contributed by atoms with Gasteiger partial charge in [0.25, 0.3) is 0 Å². The number of allylic oxidation sites excluding steroid dienone is 1. The van der Waals surface area contributed by atoms with E-state index in [4.69, 9.17) is 13.8 Å². The van der Waals surface area contributed by atoms with Crippen LogP contribution in [0.25, 0.3) is 51.1 Å². The van der Waals surface area contributed by atoms with Gasteiger partial charge in [0.15, 0.2) is 22.4 Å². The van der Waals surface area contributed by atoms with Crippen molar-refractivity contribution >= 4 is 40.1 Å². The highest BCUT2D eigenvalue weighted by Crippen LogP contribution is 2.67. The maximum Gasteiger partial charge on any atom is 0.192 e. The summed E-state index contributed by atoms with van der Waals surface area (Å²) in [5.74, 6) is 5.38. The number of carbonyl (C=O) groups excluding carboxylic acids is 3. The van der Waals surface area contributed by atoms with E-state index < -0.39 is 39.5 Å². The second kappa shape index (κ2) is 35.2. The molecule has 736 valence electrons. The van der Waals surface area contributed by atoms with Crippen LogP contribution in [0, 0.1) is 118 Å². The Kier molecular flexibility index (Phi) is 23.6. The van der Waals surface area contributed by atoms with E-state index in [-0.39, 0.29) is 97.9 Å². The quantitative estimate of drug-likeness (QED) is 0.0266. The average molecular weight is 1940 g/mol. The van der Waals surface area contributed by atoms with Crippen molar-refractivity contribution in [3.8, 4) is 45.0 Å². The summed E-state index contributed by atoms with van der Waals surface area (Å²) < 4.78 is 82.5. The van der Waals surface area contributed by atoms with Gasteiger partial charge in [0.2, 0.25) is 0 Å². The van der Waals surface area contributed by atoms with Crippen LogP contribution in [0.4, 0.5) is 17.6 Å². The monoisotopic (exact) mass is 1940 g/mol. The van der Waals surface area contributed by atoms with Crippen molar-refractivity contribution in [2.45, 2.75) is 278 Å². The molecule has 3 N–H and O–H groups in total. The third-order valence-corrected chi connectivity index (χ3v) is 47.7.